The first-order valence-electron chi connectivity index (χ1n) is 7.23. The first-order chi connectivity index (χ1) is 9.52. The summed E-state index contributed by atoms with van der Waals surface area (Å²) in [6.07, 6.45) is 4.47. The number of rotatable bonds is 3. The van der Waals surface area contributed by atoms with Crippen molar-refractivity contribution in [2.24, 2.45) is 0 Å². The van der Waals surface area contributed by atoms with E-state index in [9.17, 15) is 4.79 Å². The van der Waals surface area contributed by atoms with Crippen LogP contribution >= 0.6 is 15.9 Å². The fourth-order valence-electron chi connectivity index (χ4n) is 2.93. The van der Waals surface area contributed by atoms with Gasteiger partial charge >= 0.3 is 0 Å². The van der Waals surface area contributed by atoms with Crippen molar-refractivity contribution in [3.63, 3.8) is 0 Å². The summed E-state index contributed by atoms with van der Waals surface area (Å²) in [5.74, 6) is 0.136. The summed E-state index contributed by atoms with van der Waals surface area (Å²) in [6, 6.07) is 6.87. The zero-order chi connectivity index (χ0) is 14.7. The Morgan fingerprint density at radius 3 is 2.55 bits per heavy atom. The van der Waals surface area contributed by atoms with Crippen LogP contribution in [0.15, 0.2) is 22.7 Å². The standard InChI is InChI=1S/C16H23BrN2O/c1-11-4-5-12(17)10-15(11)16(20)19(3)14-8-6-13(18-2)7-9-14/h4-5,10,13-14,18H,6-9H2,1-3H3. The van der Waals surface area contributed by atoms with Gasteiger partial charge < -0.3 is 10.2 Å². The number of hydrogen-bond acceptors (Lipinski definition) is 2. The van der Waals surface area contributed by atoms with Crippen LogP contribution < -0.4 is 5.32 Å². The molecule has 0 aromatic heterocycles. The van der Waals surface area contributed by atoms with Gasteiger partial charge in [0.05, 0.1) is 0 Å². The normalized spacial score (nSPS) is 22.6. The van der Waals surface area contributed by atoms with Gasteiger partial charge in [0.15, 0.2) is 0 Å². The number of benzene rings is 1. The summed E-state index contributed by atoms with van der Waals surface area (Å²) in [5, 5.41) is 3.33. The van der Waals surface area contributed by atoms with Crippen LogP contribution in [-0.4, -0.2) is 37.0 Å². The van der Waals surface area contributed by atoms with Gasteiger partial charge in [-0.15, -0.1) is 0 Å². The van der Waals surface area contributed by atoms with Crippen molar-refractivity contribution in [2.45, 2.75) is 44.7 Å². The average molecular weight is 339 g/mol. The second-order valence-electron chi connectivity index (χ2n) is 5.67. The van der Waals surface area contributed by atoms with E-state index in [-0.39, 0.29) is 5.91 Å². The average Bonchev–Trinajstić information content (AvgIpc) is 2.48. The van der Waals surface area contributed by atoms with Gasteiger partial charge in [0.1, 0.15) is 0 Å². The molecule has 0 heterocycles. The minimum absolute atomic E-state index is 0.136. The van der Waals surface area contributed by atoms with E-state index in [1.54, 1.807) is 0 Å². The first kappa shape index (κ1) is 15.5. The number of carbonyl (C=O) groups is 1. The van der Waals surface area contributed by atoms with Gasteiger partial charge in [-0.2, -0.15) is 0 Å². The lowest BCUT2D eigenvalue weighted by molar-refractivity contribution is 0.0685. The summed E-state index contributed by atoms with van der Waals surface area (Å²) >= 11 is 3.45. The van der Waals surface area contributed by atoms with E-state index in [1.165, 1.54) is 0 Å². The summed E-state index contributed by atoms with van der Waals surface area (Å²) in [5.41, 5.74) is 1.84. The topological polar surface area (TPSA) is 32.3 Å². The highest BCUT2D eigenvalue weighted by molar-refractivity contribution is 9.10. The smallest absolute Gasteiger partial charge is 0.254 e. The molecule has 0 unspecified atom stereocenters. The lowest BCUT2D eigenvalue weighted by Crippen LogP contribution is -2.42. The Hall–Kier alpha value is -0.870. The fourth-order valence-corrected chi connectivity index (χ4v) is 3.29. The minimum atomic E-state index is 0.136. The quantitative estimate of drug-likeness (QED) is 0.916. The predicted octanol–water partition coefficient (Wildman–Crippen LogP) is 3.36. The molecular formula is C16H23BrN2O. The monoisotopic (exact) mass is 338 g/mol. The molecule has 1 aromatic carbocycles. The Bertz CT molecular complexity index is 481. The molecule has 0 radical (unpaired) electrons. The number of amides is 1. The van der Waals surface area contributed by atoms with Gasteiger partial charge in [0.2, 0.25) is 0 Å². The van der Waals surface area contributed by atoms with E-state index in [4.69, 9.17) is 0 Å². The second-order valence-corrected chi connectivity index (χ2v) is 6.59. The molecule has 1 saturated carbocycles. The molecule has 0 atom stereocenters. The number of carbonyl (C=O) groups excluding carboxylic acids is 1. The van der Waals surface area contributed by atoms with Gasteiger partial charge in [0.25, 0.3) is 5.91 Å². The SMILES string of the molecule is CNC1CCC(N(C)C(=O)c2cc(Br)ccc2C)CC1. The summed E-state index contributed by atoms with van der Waals surface area (Å²) in [7, 11) is 3.96. The van der Waals surface area contributed by atoms with Gasteiger partial charge in [-0.05, 0) is 57.4 Å². The van der Waals surface area contributed by atoms with Crippen LogP contribution in [0.25, 0.3) is 0 Å². The molecule has 3 nitrogen and oxygen atoms in total. The van der Waals surface area contributed by atoms with Crippen molar-refractivity contribution in [3.05, 3.63) is 33.8 Å². The number of halogens is 1. The molecule has 0 saturated heterocycles. The van der Waals surface area contributed by atoms with Crippen LogP contribution in [-0.2, 0) is 0 Å². The minimum Gasteiger partial charge on any atom is -0.339 e. The summed E-state index contributed by atoms with van der Waals surface area (Å²) in [6.45, 7) is 1.99. The summed E-state index contributed by atoms with van der Waals surface area (Å²) < 4.78 is 0.957. The molecule has 1 aromatic rings. The molecule has 1 amide bonds. The number of nitrogens with one attached hydrogen (secondary N) is 1. The molecule has 0 bridgehead atoms. The molecule has 4 heteroatoms. The van der Waals surface area contributed by atoms with Crippen molar-refractivity contribution in [1.82, 2.24) is 10.2 Å². The van der Waals surface area contributed by atoms with Crippen molar-refractivity contribution in [2.75, 3.05) is 14.1 Å². The highest BCUT2D eigenvalue weighted by Gasteiger charge is 2.27. The Labute approximate surface area is 129 Å². The Kier molecular flexibility index (Phi) is 5.22. The van der Waals surface area contributed by atoms with Crippen LogP contribution in [0.1, 0.15) is 41.6 Å². The van der Waals surface area contributed by atoms with E-state index < -0.39 is 0 Å². The largest absolute Gasteiger partial charge is 0.339 e. The first-order valence-corrected chi connectivity index (χ1v) is 8.02. The third-order valence-electron chi connectivity index (χ3n) is 4.40. The van der Waals surface area contributed by atoms with Gasteiger partial charge in [-0.25, -0.2) is 0 Å². The van der Waals surface area contributed by atoms with E-state index in [0.717, 1.165) is 41.3 Å². The highest BCUT2D eigenvalue weighted by atomic mass is 79.9. The molecule has 20 heavy (non-hydrogen) atoms. The molecule has 110 valence electrons. The van der Waals surface area contributed by atoms with Crippen LogP contribution in [0.3, 0.4) is 0 Å². The maximum atomic E-state index is 12.7. The zero-order valence-electron chi connectivity index (χ0n) is 12.4. The van der Waals surface area contributed by atoms with E-state index in [0.29, 0.717) is 12.1 Å². The van der Waals surface area contributed by atoms with E-state index >= 15 is 0 Å². The van der Waals surface area contributed by atoms with Crippen LogP contribution in [0.5, 0.6) is 0 Å². The maximum Gasteiger partial charge on any atom is 0.254 e. The molecule has 0 aliphatic heterocycles. The molecular weight excluding hydrogens is 316 g/mol. The molecule has 1 aliphatic rings. The lowest BCUT2D eigenvalue weighted by atomic mass is 9.90. The highest BCUT2D eigenvalue weighted by Crippen LogP contribution is 2.25. The number of nitrogens with zero attached hydrogens (tertiary/aromatic N) is 1. The Balaban J connectivity index is 2.07. The second kappa shape index (κ2) is 6.72. The third kappa shape index (κ3) is 3.41. The molecule has 1 N–H and O–H groups in total. The number of hydrogen-bond donors (Lipinski definition) is 1. The van der Waals surface area contributed by atoms with E-state index in [1.807, 2.05) is 44.1 Å². The molecule has 1 aliphatic carbocycles. The molecule has 1 fully saturated rings. The van der Waals surface area contributed by atoms with Crippen LogP contribution in [0.4, 0.5) is 0 Å². The Morgan fingerprint density at radius 1 is 1.30 bits per heavy atom. The van der Waals surface area contributed by atoms with Crippen LogP contribution in [0.2, 0.25) is 0 Å². The van der Waals surface area contributed by atoms with E-state index in [2.05, 4.69) is 21.2 Å². The van der Waals surface area contributed by atoms with Gasteiger partial charge in [-0.1, -0.05) is 22.0 Å². The van der Waals surface area contributed by atoms with Crippen molar-refractivity contribution >= 4 is 21.8 Å². The van der Waals surface area contributed by atoms with Crippen molar-refractivity contribution in [3.8, 4) is 0 Å². The third-order valence-corrected chi connectivity index (χ3v) is 4.90. The lowest BCUT2D eigenvalue weighted by Gasteiger charge is -2.35. The van der Waals surface area contributed by atoms with Gasteiger partial charge in [0, 0.05) is 29.2 Å². The number of aryl methyl sites for hydroxylation is 1. The zero-order valence-corrected chi connectivity index (χ0v) is 14.0. The summed E-state index contributed by atoms with van der Waals surface area (Å²) in [4.78, 5) is 14.6. The molecule has 2 rings (SSSR count). The van der Waals surface area contributed by atoms with Crippen molar-refractivity contribution in [1.29, 1.82) is 0 Å². The van der Waals surface area contributed by atoms with Gasteiger partial charge in [-0.3, -0.25) is 4.79 Å². The van der Waals surface area contributed by atoms with Crippen molar-refractivity contribution < 1.29 is 4.79 Å². The predicted molar refractivity (Wildman–Crippen MR) is 86.1 cm³/mol. The van der Waals surface area contributed by atoms with Crippen LogP contribution in [0, 0.1) is 6.92 Å². The Morgan fingerprint density at radius 2 is 1.95 bits per heavy atom. The molecule has 0 spiro atoms. The maximum absolute atomic E-state index is 12.7. The fraction of sp³-hybridized carbons (Fsp3) is 0.562.